The predicted octanol–water partition coefficient (Wildman–Crippen LogP) is 2.73. The van der Waals surface area contributed by atoms with Gasteiger partial charge in [-0.05, 0) is 36.4 Å². The van der Waals surface area contributed by atoms with Crippen LogP contribution in [0.25, 0.3) is 0 Å². The van der Waals surface area contributed by atoms with Crippen molar-refractivity contribution in [2.45, 2.75) is 4.90 Å². The van der Waals surface area contributed by atoms with Crippen LogP contribution in [0.3, 0.4) is 0 Å². The highest BCUT2D eigenvalue weighted by Gasteiger charge is 2.23. The third kappa shape index (κ3) is 4.75. The van der Waals surface area contributed by atoms with Crippen molar-refractivity contribution in [3.05, 3.63) is 46.9 Å². The smallest absolute Gasteiger partial charge is 0.243 e. The number of methoxy groups -OCH3 is 2. The van der Waals surface area contributed by atoms with Gasteiger partial charge in [0, 0.05) is 17.6 Å². The van der Waals surface area contributed by atoms with Crippen LogP contribution in [0.1, 0.15) is 0 Å². The third-order valence-corrected chi connectivity index (χ3v) is 5.92. The summed E-state index contributed by atoms with van der Waals surface area (Å²) in [6.07, 6.45) is 0. The Kier molecular flexibility index (Phi) is 6.63. The normalized spacial score (nSPS) is 11.3. The van der Waals surface area contributed by atoms with Gasteiger partial charge in [-0.25, -0.2) is 8.42 Å². The first-order valence-electron chi connectivity index (χ1n) is 7.51. The van der Waals surface area contributed by atoms with E-state index >= 15 is 0 Å². The third-order valence-electron chi connectivity index (χ3n) is 3.57. The molecule has 0 bridgehead atoms. The van der Waals surface area contributed by atoms with E-state index in [4.69, 9.17) is 9.47 Å². The van der Waals surface area contributed by atoms with E-state index in [1.165, 1.54) is 33.4 Å². The first-order valence-corrected chi connectivity index (χ1v) is 9.75. The van der Waals surface area contributed by atoms with Gasteiger partial charge in [0.25, 0.3) is 0 Å². The maximum absolute atomic E-state index is 12.5. The van der Waals surface area contributed by atoms with Gasteiger partial charge in [-0.3, -0.25) is 4.79 Å². The average Bonchev–Trinajstić information content (AvgIpc) is 2.62. The summed E-state index contributed by atoms with van der Waals surface area (Å²) in [5, 5.41) is 2.64. The molecule has 0 aliphatic heterocycles. The molecular weight excluding hydrogens is 424 g/mol. The number of rotatable bonds is 7. The molecule has 2 aromatic rings. The topological polar surface area (TPSA) is 84.9 Å². The Labute approximate surface area is 161 Å². The van der Waals surface area contributed by atoms with Gasteiger partial charge in [0.15, 0.2) is 0 Å². The number of sulfonamides is 1. The Morgan fingerprint density at radius 3 is 2.35 bits per heavy atom. The minimum absolute atomic E-state index is 0.109. The van der Waals surface area contributed by atoms with Crippen LogP contribution in [0.15, 0.2) is 51.8 Å². The fourth-order valence-corrected chi connectivity index (χ4v) is 3.56. The minimum Gasteiger partial charge on any atom is -0.497 e. The van der Waals surface area contributed by atoms with E-state index in [1.807, 2.05) is 0 Å². The molecule has 0 heterocycles. The highest BCUT2D eigenvalue weighted by Crippen LogP contribution is 2.29. The number of nitrogens with one attached hydrogen (secondary N) is 1. The molecule has 1 N–H and O–H groups in total. The molecule has 0 aromatic heterocycles. The van der Waals surface area contributed by atoms with E-state index in [0.29, 0.717) is 17.2 Å². The second kappa shape index (κ2) is 8.52. The summed E-state index contributed by atoms with van der Waals surface area (Å²) in [5.74, 6) is 0.502. The van der Waals surface area contributed by atoms with Crippen LogP contribution >= 0.6 is 15.9 Å². The molecule has 2 rings (SSSR count). The molecule has 140 valence electrons. The zero-order valence-corrected chi connectivity index (χ0v) is 16.9. The van der Waals surface area contributed by atoms with Crippen molar-refractivity contribution in [3.8, 4) is 11.5 Å². The van der Waals surface area contributed by atoms with Crippen molar-refractivity contribution in [1.82, 2.24) is 4.31 Å². The molecule has 9 heteroatoms. The summed E-state index contributed by atoms with van der Waals surface area (Å²) in [4.78, 5) is 12.4. The zero-order valence-electron chi connectivity index (χ0n) is 14.5. The van der Waals surface area contributed by atoms with Crippen LogP contribution < -0.4 is 14.8 Å². The van der Waals surface area contributed by atoms with E-state index in [2.05, 4.69) is 21.2 Å². The second-order valence-corrected chi connectivity index (χ2v) is 8.29. The second-order valence-electron chi connectivity index (χ2n) is 5.33. The Hall–Kier alpha value is -2.10. The molecule has 0 fully saturated rings. The number of ether oxygens (including phenoxy) is 2. The van der Waals surface area contributed by atoms with Gasteiger partial charge in [-0.1, -0.05) is 15.9 Å². The number of anilines is 1. The molecule has 0 unspecified atom stereocenters. The molecule has 0 saturated carbocycles. The maximum Gasteiger partial charge on any atom is 0.243 e. The van der Waals surface area contributed by atoms with Crippen LogP contribution in [0.4, 0.5) is 5.69 Å². The van der Waals surface area contributed by atoms with Crippen molar-refractivity contribution in [1.29, 1.82) is 0 Å². The van der Waals surface area contributed by atoms with E-state index in [1.54, 1.807) is 30.3 Å². The van der Waals surface area contributed by atoms with Crippen LogP contribution in [0.5, 0.6) is 11.5 Å². The first-order chi connectivity index (χ1) is 12.3. The fourth-order valence-electron chi connectivity index (χ4n) is 2.17. The van der Waals surface area contributed by atoms with Crippen molar-refractivity contribution in [2.24, 2.45) is 0 Å². The largest absolute Gasteiger partial charge is 0.497 e. The number of carbonyl (C=O) groups excluding carboxylic acids is 1. The summed E-state index contributed by atoms with van der Waals surface area (Å²) in [5.41, 5.74) is 0.424. The molecule has 0 saturated heterocycles. The lowest BCUT2D eigenvalue weighted by atomic mass is 10.2. The molecule has 0 spiro atoms. The Morgan fingerprint density at radius 2 is 1.77 bits per heavy atom. The molecule has 0 aliphatic rings. The quantitative estimate of drug-likeness (QED) is 0.712. The summed E-state index contributed by atoms with van der Waals surface area (Å²) >= 11 is 3.26. The number of halogens is 1. The molecule has 0 radical (unpaired) electrons. The molecule has 0 aliphatic carbocycles. The average molecular weight is 443 g/mol. The van der Waals surface area contributed by atoms with Crippen molar-refractivity contribution in [2.75, 3.05) is 33.1 Å². The van der Waals surface area contributed by atoms with E-state index in [0.717, 1.165) is 8.78 Å². The lowest BCUT2D eigenvalue weighted by molar-refractivity contribution is -0.116. The monoisotopic (exact) mass is 442 g/mol. The van der Waals surface area contributed by atoms with Crippen molar-refractivity contribution in [3.63, 3.8) is 0 Å². The Balaban J connectivity index is 2.11. The van der Waals surface area contributed by atoms with E-state index in [-0.39, 0.29) is 11.4 Å². The highest BCUT2D eigenvalue weighted by molar-refractivity contribution is 9.10. The van der Waals surface area contributed by atoms with Crippen molar-refractivity contribution >= 4 is 37.5 Å². The van der Waals surface area contributed by atoms with Gasteiger partial charge in [0.1, 0.15) is 11.5 Å². The van der Waals surface area contributed by atoms with Gasteiger partial charge in [0.05, 0.1) is 31.3 Å². The summed E-state index contributed by atoms with van der Waals surface area (Å²) in [6.45, 7) is -0.340. The summed E-state index contributed by atoms with van der Waals surface area (Å²) in [7, 11) is 0.570. The summed E-state index contributed by atoms with van der Waals surface area (Å²) in [6, 6.07) is 11.1. The zero-order chi connectivity index (χ0) is 19.3. The number of benzene rings is 2. The van der Waals surface area contributed by atoms with Gasteiger partial charge in [-0.15, -0.1) is 0 Å². The minimum atomic E-state index is -3.77. The van der Waals surface area contributed by atoms with Crippen molar-refractivity contribution < 1.29 is 22.7 Å². The fraction of sp³-hybridized carbons (Fsp3) is 0.235. The molecule has 2 aromatic carbocycles. The summed E-state index contributed by atoms with van der Waals surface area (Å²) < 4.78 is 37.1. The lowest BCUT2D eigenvalue weighted by Gasteiger charge is -2.18. The molecule has 7 nitrogen and oxygen atoms in total. The van der Waals surface area contributed by atoms with Gasteiger partial charge >= 0.3 is 0 Å². The van der Waals surface area contributed by atoms with Gasteiger partial charge in [-0.2, -0.15) is 4.31 Å². The van der Waals surface area contributed by atoms with Crippen LogP contribution in [0, 0.1) is 0 Å². The number of carbonyl (C=O) groups is 1. The Morgan fingerprint density at radius 1 is 1.12 bits per heavy atom. The predicted molar refractivity (Wildman–Crippen MR) is 102 cm³/mol. The first kappa shape index (κ1) is 20.2. The lowest BCUT2D eigenvalue weighted by Crippen LogP contribution is -2.35. The standard InChI is InChI=1S/C17H19BrN2O5S/c1-20(26(22,23)14-7-4-12(18)5-8-14)11-17(21)19-15-9-6-13(24-2)10-16(15)25-3/h4-10H,11H2,1-3H3,(H,19,21). The van der Waals surface area contributed by atoms with Gasteiger partial charge in [0.2, 0.25) is 15.9 Å². The Bertz CT molecular complexity index is 885. The van der Waals surface area contributed by atoms with E-state index < -0.39 is 15.9 Å². The highest BCUT2D eigenvalue weighted by atomic mass is 79.9. The van der Waals surface area contributed by atoms with E-state index in [9.17, 15) is 13.2 Å². The van der Waals surface area contributed by atoms with Gasteiger partial charge < -0.3 is 14.8 Å². The number of nitrogens with zero attached hydrogens (tertiary/aromatic N) is 1. The van der Waals surface area contributed by atoms with Crippen LogP contribution in [-0.2, 0) is 14.8 Å². The number of hydrogen-bond acceptors (Lipinski definition) is 5. The molecule has 0 atom stereocenters. The van der Waals surface area contributed by atoms with Crippen LogP contribution in [0.2, 0.25) is 0 Å². The number of amides is 1. The maximum atomic E-state index is 12.5. The molecular formula is C17H19BrN2O5S. The number of likely N-dealkylation sites (N-methyl/N-ethyl adjacent to an activating group) is 1. The SMILES string of the molecule is COc1ccc(NC(=O)CN(C)S(=O)(=O)c2ccc(Br)cc2)c(OC)c1. The molecule has 26 heavy (non-hydrogen) atoms. The number of hydrogen-bond donors (Lipinski definition) is 1. The van der Waals surface area contributed by atoms with Crippen LogP contribution in [-0.4, -0.2) is 46.4 Å². The molecule has 1 amide bonds.